The summed E-state index contributed by atoms with van der Waals surface area (Å²) in [6, 6.07) is 20.0. The van der Waals surface area contributed by atoms with Crippen LogP contribution in [-0.2, 0) is 29.5 Å². The number of anilines is 2. The molecule has 39 heavy (non-hydrogen) atoms. The van der Waals surface area contributed by atoms with E-state index in [2.05, 4.69) is 19.2 Å². The van der Waals surface area contributed by atoms with E-state index in [9.17, 15) is 19.2 Å². The Hall–Kier alpha value is -4.04. The first kappa shape index (κ1) is 25.2. The number of fused-ring (bicyclic) bond motifs is 5. The summed E-state index contributed by atoms with van der Waals surface area (Å²) in [6.45, 7) is 5.75. The van der Waals surface area contributed by atoms with Crippen LogP contribution in [0.1, 0.15) is 32.8 Å². The van der Waals surface area contributed by atoms with Crippen LogP contribution < -0.4 is 15.1 Å². The van der Waals surface area contributed by atoms with Crippen LogP contribution in [0.25, 0.3) is 10.8 Å². The predicted molar refractivity (Wildman–Crippen MR) is 147 cm³/mol. The van der Waals surface area contributed by atoms with Crippen molar-refractivity contribution in [1.29, 1.82) is 0 Å². The summed E-state index contributed by atoms with van der Waals surface area (Å²) in [5, 5.41) is 5.22. The summed E-state index contributed by atoms with van der Waals surface area (Å²) >= 11 is 0. The van der Waals surface area contributed by atoms with Crippen molar-refractivity contribution in [2.75, 3.05) is 23.0 Å². The van der Waals surface area contributed by atoms with Crippen LogP contribution >= 0.6 is 0 Å². The smallest absolute Gasteiger partial charge is 0.326 e. The van der Waals surface area contributed by atoms with E-state index in [1.165, 1.54) is 9.80 Å². The number of imide groups is 1. The molecule has 0 aliphatic carbocycles. The van der Waals surface area contributed by atoms with E-state index in [0.29, 0.717) is 23.4 Å². The van der Waals surface area contributed by atoms with Gasteiger partial charge in [-0.05, 0) is 36.8 Å². The van der Waals surface area contributed by atoms with Crippen molar-refractivity contribution in [1.82, 2.24) is 5.32 Å². The van der Waals surface area contributed by atoms with Gasteiger partial charge in [0.15, 0.2) is 0 Å². The molecule has 0 unspecified atom stereocenters. The standard InChI is InChI=1S/C31H31N3O5/c1-4-39-25(35)17-33-24-14-8-7-13-21(24)31(30(33)38)27-26(22(32-31)16-18(2)3)28(36)34(29(27)37)23-15-9-11-19-10-5-6-12-20(19)23/h5-15,18,22,26-27,32H,4,16-17H2,1-3H3/t22-,26+,27-,31+/m0/s1. The Morgan fingerprint density at radius 1 is 0.949 bits per heavy atom. The highest BCUT2D eigenvalue weighted by molar-refractivity contribution is 6.28. The van der Waals surface area contributed by atoms with E-state index in [4.69, 9.17) is 4.74 Å². The zero-order valence-electron chi connectivity index (χ0n) is 22.2. The van der Waals surface area contributed by atoms with Gasteiger partial charge in [0.2, 0.25) is 11.8 Å². The lowest BCUT2D eigenvalue weighted by Crippen LogP contribution is -2.55. The van der Waals surface area contributed by atoms with E-state index in [1.807, 2.05) is 48.5 Å². The summed E-state index contributed by atoms with van der Waals surface area (Å²) in [5.74, 6) is -3.09. The zero-order valence-corrected chi connectivity index (χ0v) is 22.2. The molecule has 1 spiro atoms. The maximum Gasteiger partial charge on any atom is 0.326 e. The Balaban J connectivity index is 1.51. The molecule has 8 nitrogen and oxygen atoms in total. The first-order valence-corrected chi connectivity index (χ1v) is 13.5. The highest BCUT2D eigenvalue weighted by atomic mass is 16.5. The average molecular weight is 526 g/mol. The van der Waals surface area contributed by atoms with Gasteiger partial charge in [-0.2, -0.15) is 0 Å². The summed E-state index contributed by atoms with van der Waals surface area (Å²) < 4.78 is 5.15. The molecule has 0 saturated carbocycles. The van der Waals surface area contributed by atoms with Crippen LogP contribution in [0.15, 0.2) is 66.7 Å². The first-order chi connectivity index (χ1) is 18.8. The molecule has 3 aromatic rings. The minimum absolute atomic E-state index is 0.194. The fourth-order valence-corrected chi connectivity index (χ4v) is 6.79. The van der Waals surface area contributed by atoms with Crippen LogP contribution in [-0.4, -0.2) is 42.9 Å². The van der Waals surface area contributed by atoms with Gasteiger partial charge in [-0.3, -0.25) is 29.4 Å². The number of nitrogens with zero attached hydrogens (tertiary/aromatic N) is 2. The van der Waals surface area contributed by atoms with Crippen molar-refractivity contribution in [2.45, 2.75) is 38.8 Å². The quantitative estimate of drug-likeness (QED) is 0.389. The Bertz CT molecular complexity index is 1510. The van der Waals surface area contributed by atoms with Gasteiger partial charge in [0.05, 0.1) is 24.1 Å². The van der Waals surface area contributed by atoms with Crippen molar-refractivity contribution >= 4 is 45.8 Å². The fraction of sp³-hybridized carbons (Fsp3) is 0.355. The Labute approximate surface area is 226 Å². The number of esters is 1. The van der Waals surface area contributed by atoms with E-state index in [0.717, 1.165) is 10.8 Å². The van der Waals surface area contributed by atoms with Gasteiger partial charge in [-0.15, -0.1) is 0 Å². The predicted octanol–water partition coefficient (Wildman–Crippen LogP) is 3.77. The van der Waals surface area contributed by atoms with Crippen molar-refractivity contribution < 1.29 is 23.9 Å². The van der Waals surface area contributed by atoms with Crippen LogP contribution in [0, 0.1) is 17.8 Å². The number of carbonyl (C=O) groups is 4. The van der Waals surface area contributed by atoms with Crippen LogP contribution in [0.2, 0.25) is 0 Å². The summed E-state index contributed by atoms with van der Waals surface area (Å²) in [5.41, 5.74) is 0.231. The molecular formula is C31H31N3O5. The van der Waals surface area contributed by atoms with Crippen molar-refractivity contribution in [3.63, 3.8) is 0 Å². The molecule has 0 bridgehead atoms. The molecule has 200 valence electrons. The highest BCUT2D eigenvalue weighted by Gasteiger charge is 2.71. The van der Waals surface area contributed by atoms with Gasteiger partial charge in [0.1, 0.15) is 12.1 Å². The number of amides is 3. The second-order valence-corrected chi connectivity index (χ2v) is 10.9. The molecule has 6 rings (SSSR count). The molecule has 8 heteroatoms. The molecule has 3 heterocycles. The van der Waals surface area contributed by atoms with E-state index >= 15 is 0 Å². The van der Waals surface area contributed by atoms with E-state index in [1.54, 1.807) is 25.1 Å². The lowest BCUT2D eigenvalue weighted by Gasteiger charge is -2.31. The van der Waals surface area contributed by atoms with Gasteiger partial charge >= 0.3 is 5.97 Å². The maximum absolute atomic E-state index is 14.4. The zero-order chi connectivity index (χ0) is 27.5. The number of rotatable bonds is 6. The molecule has 2 saturated heterocycles. The number of para-hydroxylation sites is 1. The number of nitrogens with one attached hydrogen (secondary N) is 1. The second kappa shape index (κ2) is 9.31. The largest absolute Gasteiger partial charge is 0.465 e. The van der Waals surface area contributed by atoms with Crippen molar-refractivity contribution in [3.8, 4) is 0 Å². The Morgan fingerprint density at radius 2 is 1.64 bits per heavy atom. The molecule has 2 fully saturated rings. The summed E-state index contributed by atoms with van der Waals surface area (Å²) in [6.07, 6.45) is 0.610. The molecule has 3 aliphatic heterocycles. The van der Waals surface area contributed by atoms with E-state index < -0.39 is 41.2 Å². The van der Waals surface area contributed by atoms with Gasteiger partial charge in [-0.25, -0.2) is 4.90 Å². The summed E-state index contributed by atoms with van der Waals surface area (Å²) in [7, 11) is 0. The normalized spacial score (nSPS) is 25.7. The van der Waals surface area contributed by atoms with E-state index in [-0.39, 0.29) is 25.0 Å². The Kier molecular flexibility index (Phi) is 6.03. The minimum Gasteiger partial charge on any atom is -0.465 e. The average Bonchev–Trinajstić information content (AvgIpc) is 3.47. The number of carbonyl (C=O) groups excluding carboxylic acids is 4. The summed E-state index contributed by atoms with van der Waals surface area (Å²) in [4.78, 5) is 58.2. The van der Waals surface area contributed by atoms with Gasteiger partial charge < -0.3 is 4.74 Å². The third-order valence-electron chi connectivity index (χ3n) is 8.19. The van der Waals surface area contributed by atoms with Gasteiger partial charge in [-0.1, -0.05) is 68.4 Å². The number of benzene rings is 3. The van der Waals surface area contributed by atoms with Crippen LogP contribution in [0.3, 0.4) is 0 Å². The van der Waals surface area contributed by atoms with Crippen molar-refractivity contribution in [3.05, 3.63) is 72.3 Å². The monoisotopic (exact) mass is 525 g/mol. The minimum atomic E-state index is -1.46. The van der Waals surface area contributed by atoms with Crippen LogP contribution in [0.4, 0.5) is 11.4 Å². The first-order valence-electron chi connectivity index (χ1n) is 13.5. The molecule has 1 N–H and O–H groups in total. The Morgan fingerprint density at radius 3 is 2.41 bits per heavy atom. The topological polar surface area (TPSA) is 96.0 Å². The SMILES string of the molecule is CCOC(=O)CN1C(=O)[C@@]2(N[C@@H](CC(C)C)[C@H]3C(=O)N(c4cccc5ccccc45)C(=O)[C@H]32)c2ccccc21. The number of hydrogen-bond acceptors (Lipinski definition) is 6. The third-order valence-corrected chi connectivity index (χ3v) is 8.19. The lowest BCUT2D eigenvalue weighted by molar-refractivity contribution is -0.142. The molecule has 0 aromatic heterocycles. The highest BCUT2D eigenvalue weighted by Crippen LogP contribution is 2.56. The second-order valence-electron chi connectivity index (χ2n) is 10.9. The molecular weight excluding hydrogens is 494 g/mol. The number of hydrogen-bond donors (Lipinski definition) is 1. The molecule has 3 amide bonds. The molecule has 3 aromatic carbocycles. The van der Waals surface area contributed by atoms with Gasteiger partial charge in [0.25, 0.3) is 5.91 Å². The van der Waals surface area contributed by atoms with Gasteiger partial charge in [0, 0.05) is 22.7 Å². The number of ether oxygens (including phenoxy) is 1. The molecule has 4 atom stereocenters. The van der Waals surface area contributed by atoms with Crippen molar-refractivity contribution in [2.24, 2.45) is 17.8 Å². The third kappa shape index (κ3) is 3.61. The molecule has 3 aliphatic rings. The lowest BCUT2D eigenvalue weighted by atomic mass is 9.76. The fourth-order valence-electron chi connectivity index (χ4n) is 6.79. The molecule has 0 radical (unpaired) electrons. The maximum atomic E-state index is 14.4. The van der Waals surface area contributed by atoms with Crippen LogP contribution in [0.5, 0.6) is 0 Å².